The van der Waals surface area contributed by atoms with E-state index in [-0.39, 0.29) is 16.9 Å². The van der Waals surface area contributed by atoms with Crippen LogP contribution in [-0.4, -0.2) is 27.0 Å². The topological polar surface area (TPSA) is 69.0 Å². The van der Waals surface area contributed by atoms with Crippen molar-refractivity contribution in [1.82, 2.24) is 14.8 Å². The fourth-order valence-corrected chi connectivity index (χ4v) is 4.30. The van der Waals surface area contributed by atoms with Crippen LogP contribution in [-0.2, 0) is 4.79 Å². The van der Waals surface area contributed by atoms with Gasteiger partial charge in [0.2, 0.25) is 5.91 Å². The highest BCUT2D eigenvalue weighted by Crippen LogP contribution is 2.43. The van der Waals surface area contributed by atoms with Gasteiger partial charge >= 0.3 is 6.36 Å². The lowest BCUT2D eigenvalue weighted by atomic mass is 10.2. The van der Waals surface area contributed by atoms with Gasteiger partial charge in [-0.15, -0.1) is 23.4 Å². The van der Waals surface area contributed by atoms with Crippen molar-refractivity contribution in [3.8, 4) is 11.4 Å². The molecule has 0 saturated heterocycles. The number of amides is 1. The second kappa shape index (κ2) is 8.85. The van der Waals surface area contributed by atoms with Crippen molar-refractivity contribution in [3.63, 3.8) is 0 Å². The summed E-state index contributed by atoms with van der Waals surface area (Å²) in [6.07, 6.45) is -2.63. The first kappa shape index (κ1) is 22.2. The van der Waals surface area contributed by atoms with Gasteiger partial charge in [0.05, 0.1) is 5.69 Å². The number of ether oxygens (including phenoxy) is 1. The number of hydrogen-bond acceptors (Lipinski definition) is 5. The molecule has 0 spiro atoms. The first-order valence-corrected chi connectivity index (χ1v) is 10.9. The van der Waals surface area contributed by atoms with Gasteiger partial charge in [0, 0.05) is 23.8 Å². The SMILES string of the molecule is CC(=O)Nc1cccc(-n2c(SC(C)c3ccc(OC(F)(F)F)cc3)nnc2C2CC2)c1. The minimum atomic E-state index is -4.72. The standard InChI is InChI=1S/C22H21F3N4O2S/c1-13(15-8-10-19(11-9-15)31-22(23,24)25)32-21-28-27-20(16-6-7-16)29(21)18-5-3-4-17(12-18)26-14(2)30/h3-5,8-13,16H,6-7H2,1-2H3,(H,26,30). The molecule has 6 nitrogen and oxygen atoms in total. The van der Waals surface area contributed by atoms with E-state index in [4.69, 9.17) is 0 Å². The molecule has 10 heteroatoms. The third-order valence-corrected chi connectivity index (χ3v) is 5.99. The second-order valence-electron chi connectivity index (χ2n) is 7.56. The van der Waals surface area contributed by atoms with Crippen molar-refractivity contribution in [2.24, 2.45) is 0 Å². The van der Waals surface area contributed by atoms with Gasteiger partial charge in [0.15, 0.2) is 5.16 Å². The zero-order valence-corrected chi connectivity index (χ0v) is 18.2. The number of anilines is 1. The van der Waals surface area contributed by atoms with Crippen LogP contribution in [0.5, 0.6) is 5.75 Å². The summed E-state index contributed by atoms with van der Waals surface area (Å²) in [6.45, 7) is 3.41. The summed E-state index contributed by atoms with van der Waals surface area (Å²) in [7, 11) is 0. The molecule has 1 amide bonds. The Morgan fingerprint density at radius 1 is 1.19 bits per heavy atom. The summed E-state index contributed by atoms with van der Waals surface area (Å²) in [6, 6.07) is 13.3. The first-order chi connectivity index (χ1) is 15.2. The predicted molar refractivity (Wildman–Crippen MR) is 115 cm³/mol. The van der Waals surface area contributed by atoms with Gasteiger partial charge in [-0.2, -0.15) is 0 Å². The number of halogens is 3. The van der Waals surface area contributed by atoms with Crippen LogP contribution in [0.2, 0.25) is 0 Å². The summed E-state index contributed by atoms with van der Waals surface area (Å²) in [5, 5.41) is 12.2. The highest BCUT2D eigenvalue weighted by molar-refractivity contribution is 7.99. The van der Waals surface area contributed by atoms with Gasteiger partial charge in [-0.25, -0.2) is 0 Å². The molecule has 0 radical (unpaired) electrons. The minimum Gasteiger partial charge on any atom is -0.406 e. The molecule has 1 N–H and O–H groups in total. The van der Waals surface area contributed by atoms with Crippen LogP contribution in [0.25, 0.3) is 5.69 Å². The zero-order chi connectivity index (χ0) is 22.9. The van der Waals surface area contributed by atoms with E-state index >= 15 is 0 Å². The van der Waals surface area contributed by atoms with Crippen molar-refractivity contribution >= 4 is 23.4 Å². The Kier molecular flexibility index (Phi) is 6.14. The maximum atomic E-state index is 12.4. The predicted octanol–water partition coefficient (Wildman–Crippen LogP) is 5.86. The molecule has 0 aliphatic heterocycles. The molecule has 3 aromatic rings. The second-order valence-corrected chi connectivity index (χ2v) is 8.87. The molecular formula is C22H21F3N4O2S. The van der Waals surface area contributed by atoms with E-state index in [9.17, 15) is 18.0 Å². The Labute approximate surface area is 187 Å². The Bertz CT molecular complexity index is 1110. The number of nitrogens with one attached hydrogen (secondary N) is 1. The minimum absolute atomic E-state index is 0.0940. The van der Waals surface area contributed by atoms with Crippen LogP contribution in [0, 0.1) is 0 Å². The molecular weight excluding hydrogens is 441 g/mol. The van der Waals surface area contributed by atoms with E-state index in [1.165, 1.54) is 30.8 Å². The fourth-order valence-electron chi connectivity index (χ4n) is 3.30. The Morgan fingerprint density at radius 2 is 1.91 bits per heavy atom. The largest absolute Gasteiger partial charge is 0.573 e. The summed E-state index contributed by atoms with van der Waals surface area (Å²) < 4.78 is 43.1. The molecule has 32 heavy (non-hydrogen) atoms. The highest BCUT2D eigenvalue weighted by Gasteiger charge is 2.32. The quantitative estimate of drug-likeness (QED) is 0.446. The van der Waals surface area contributed by atoms with Gasteiger partial charge in [-0.3, -0.25) is 9.36 Å². The van der Waals surface area contributed by atoms with Crippen LogP contribution in [0.1, 0.15) is 49.2 Å². The lowest BCUT2D eigenvalue weighted by Crippen LogP contribution is -2.17. The normalized spacial score (nSPS) is 14.8. The summed E-state index contributed by atoms with van der Waals surface area (Å²) in [4.78, 5) is 11.4. The van der Waals surface area contributed by atoms with E-state index in [2.05, 4.69) is 20.3 Å². The van der Waals surface area contributed by atoms with Crippen molar-refractivity contribution in [2.75, 3.05) is 5.32 Å². The van der Waals surface area contributed by atoms with Gasteiger partial charge in [0.25, 0.3) is 0 Å². The number of thioether (sulfide) groups is 1. The van der Waals surface area contributed by atoms with Crippen LogP contribution in [0.4, 0.5) is 18.9 Å². The zero-order valence-electron chi connectivity index (χ0n) is 17.4. The van der Waals surface area contributed by atoms with Gasteiger partial charge in [-0.1, -0.05) is 30.0 Å². The third-order valence-electron chi connectivity index (χ3n) is 4.89. The van der Waals surface area contributed by atoms with E-state index < -0.39 is 6.36 Å². The molecule has 168 valence electrons. The molecule has 1 atom stereocenters. The average Bonchev–Trinajstić information content (AvgIpc) is 3.47. The molecule has 4 rings (SSSR count). The number of hydrogen-bond donors (Lipinski definition) is 1. The number of benzene rings is 2. The first-order valence-electron chi connectivity index (χ1n) is 10.1. The monoisotopic (exact) mass is 462 g/mol. The molecule has 1 aliphatic carbocycles. The maximum Gasteiger partial charge on any atom is 0.573 e. The van der Waals surface area contributed by atoms with Crippen molar-refractivity contribution in [2.45, 2.75) is 49.4 Å². The van der Waals surface area contributed by atoms with Crippen LogP contribution in [0.15, 0.2) is 53.7 Å². The highest BCUT2D eigenvalue weighted by atomic mass is 32.2. The number of rotatable bonds is 7. The van der Waals surface area contributed by atoms with E-state index in [0.717, 1.165) is 29.9 Å². The number of carbonyl (C=O) groups excluding carboxylic acids is 1. The molecule has 1 saturated carbocycles. The van der Waals surface area contributed by atoms with Gasteiger partial charge in [-0.05, 0) is 55.7 Å². The lowest BCUT2D eigenvalue weighted by Gasteiger charge is -2.15. The molecule has 1 unspecified atom stereocenters. The fraction of sp³-hybridized carbons (Fsp3) is 0.318. The summed E-state index contributed by atoms with van der Waals surface area (Å²) in [5.41, 5.74) is 2.35. The van der Waals surface area contributed by atoms with Crippen LogP contribution in [0.3, 0.4) is 0 Å². The number of carbonyl (C=O) groups is 1. The molecule has 1 fully saturated rings. The number of nitrogens with zero attached hydrogens (tertiary/aromatic N) is 3. The molecule has 0 bridgehead atoms. The van der Waals surface area contributed by atoms with Gasteiger partial charge in [0.1, 0.15) is 11.6 Å². The Morgan fingerprint density at radius 3 is 2.53 bits per heavy atom. The van der Waals surface area contributed by atoms with Crippen molar-refractivity contribution in [3.05, 3.63) is 59.9 Å². The maximum absolute atomic E-state index is 12.4. The summed E-state index contributed by atoms with van der Waals surface area (Å²) in [5.74, 6) is 0.797. The Balaban J connectivity index is 1.59. The van der Waals surface area contributed by atoms with E-state index in [0.29, 0.717) is 16.8 Å². The van der Waals surface area contributed by atoms with Crippen molar-refractivity contribution in [1.29, 1.82) is 0 Å². The van der Waals surface area contributed by atoms with E-state index in [1.54, 1.807) is 12.1 Å². The molecule has 1 heterocycles. The number of alkyl halides is 3. The third kappa shape index (κ3) is 5.42. The molecule has 1 aromatic heterocycles. The summed E-state index contributed by atoms with van der Waals surface area (Å²) >= 11 is 1.46. The van der Waals surface area contributed by atoms with Crippen LogP contribution >= 0.6 is 11.8 Å². The van der Waals surface area contributed by atoms with Crippen molar-refractivity contribution < 1.29 is 22.7 Å². The molecule has 1 aliphatic rings. The smallest absolute Gasteiger partial charge is 0.406 e. The molecule has 2 aromatic carbocycles. The lowest BCUT2D eigenvalue weighted by molar-refractivity contribution is -0.274. The Hall–Kier alpha value is -3.01. The van der Waals surface area contributed by atoms with Crippen LogP contribution < -0.4 is 10.1 Å². The van der Waals surface area contributed by atoms with Gasteiger partial charge < -0.3 is 10.1 Å². The average molecular weight is 462 g/mol. The van der Waals surface area contributed by atoms with E-state index in [1.807, 2.05) is 35.8 Å². The number of aromatic nitrogens is 3.